The van der Waals surface area contributed by atoms with Crippen LogP contribution in [-0.2, 0) is 0 Å². The Balaban J connectivity index is 1.44. The molecule has 0 aliphatic carbocycles. The molecule has 2 heterocycles. The SMILES string of the molecule is Cc1ccnc2nc(C(=O)N[C@H](C)c3ccc(Oc4ccccc4)cc3)nn12. The highest BCUT2D eigenvalue weighted by Crippen LogP contribution is 2.23. The van der Waals surface area contributed by atoms with Crippen LogP contribution in [0.4, 0.5) is 0 Å². The summed E-state index contributed by atoms with van der Waals surface area (Å²) in [5, 5.41) is 7.15. The van der Waals surface area contributed by atoms with Crippen LogP contribution in [0.5, 0.6) is 11.5 Å². The van der Waals surface area contributed by atoms with Crippen LogP contribution < -0.4 is 10.1 Å². The maximum Gasteiger partial charge on any atom is 0.291 e. The van der Waals surface area contributed by atoms with Gasteiger partial charge in [-0.15, -0.1) is 5.10 Å². The summed E-state index contributed by atoms with van der Waals surface area (Å²) in [6.07, 6.45) is 1.64. The molecule has 0 radical (unpaired) electrons. The molecule has 1 atom stereocenters. The summed E-state index contributed by atoms with van der Waals surface area (Å²) in [6, 6.07) is 18.8. The number of carbonyl (C=O) groups excluding carboxylic acids is 1. The third kappa shape index (κ3) is 3.68. The van der Waals surface area contributed by atoms with Crippen LogP contribution in [0.3, 0.4) is 0 Å². The smallest absolute Gasteiger partial charge is 0.291 e. The van der Waals surface area contributed by atoms with Crippen molar-refractivity contribution in [3.63, 3.8) is 0 Å². The van der Waals surface area contributed by atoms with E-state index in [2.05, 4.69) is 20.4 Å². The van der Waals surface area contributed by atoms with Gasteiger partial charge in [-0.3, -0.25) is 4.79 Å². The molecule has 0 aliphatic heterocycles. The lowest BCUT2D eigenvalue weighted by molar-refractivity contribution is 0.0929. The average molecular weight is 373 g/mol. The third-order valence-electron chi connectivity index (χ3n) is 4.34. The number of nitrogens with zero attached hydrogens (tertiary/aromatic N) is 4. The summed E-state index contributed by atoms with van der Waals surface area (Å²) in [5.41, 5.74) is 1.81. The van der Waals surface area contributed by atoms with Gasteiger partial charge in [0.05, 0.1) is 6.04 Å². The van der Waals surface area contributed by atoms with Crippen molar-refractivity contribution in [2.75, 3.05) is 0 Å². The first-order valence-corrected chi connectivity index (χ1v) is 8.92. The second-order valence-corrected chi connectivity index (χ2v) is 6.41. The number of rotatable bonds is 5. The number of aryl methyl sites for hydroxylation is 1. The number of amides is 1. The first-order valence-electron chi connectivity index (χ1n) is 8.92. The molecular weight excluding hydrogens is 354 g/mol. The number of benzene rings is 2. The summed E-state index contributed by atoms with van der Waals surface area (Å²) in [5.74, 6) is 1.66. The monoisotopic (exact) mass is 373 g/mol. The molecular formula is C21H19N5O2. The van der Waals surface area contributed by atoms with Gasteiger partial charge in [0.15, 0.2) is 0 Å². The molecule has 7 nitrogen and oxygen atoms in total. The Morgan fingerprint density at radius 3 is 2.46 bits per heavy atom. The lowest BCUT2D eigenvalue weighted by Crippen LogP contribution is -2.27. The molecule has 4 rings (SSSR count). The fourth-order valence-corrected chi connectivity index (χ4v) is 2.80. The molecule has 2 aromatic heterocycles. The predicted molar refractivity (Wildman–Crippen MR) is 104 cm³/mol. The molecule has 0 fully saturated rings. The molecule has 0 unspecified atom stereocenters. The molecule has 0 bridgehead atoms. The van der Waals surface area contributed by atoms with Crippen molar-refractivity contribution in [3.05, 3.63) is 83.9 Å². The van der Waals surface area contributed by atoms with Crippen LogP contribution in [0, 0.1) is 6.92 Å². The summed E-state index contributed by atoms with van der Waals surface area (Å²) in [7, 11) is 0. The second kappa shape index (κ2) is 7.48. The highest BCUT2D eigenvalue weighted by Gasteiger charge is 2.17. The lowest BCUT2D eigenvalue weighted by Gasteiger charge is -2.14. The number of carbonyl (C=O) groups is 1. The summed E-state index contributed by atoms with van der Waals surface area (Å²) in [6.45, 7) is 3.79. The highest BCUT2D eigenvalue weighted by atomic mass is 16.5. The third-order valence-corrected chi connectivity index (χ3v) is 4.34. The number of fused-ring (bicyclic) bond motifs is 1. The van der Waals surface area contributed by atoms with Crippen molar-refractivity contribution in [1.82, 2.24) is 24.9 Å². The van der Waals surface area contributed by atoms with Crippen molar-refractivity contribution in [2.24, 2.45) is 0 Å². The van der Waals surface area contributed by atoms with Crippen molar-refractivity contribution < 1.29 is 9.53 Å². The van der Waals surface area contributed by atoms with E-state index in [1.54, 1.807) is 10.7 Å². The van der Waals surface area contributed by atoms with Crippen LogP contribution in [0.15, 0.2) is 66.9 Å². The minimum absolute atomic E-state index is 0.0951. The number of aromatic nitrogens is 4. The van der Waals surface area contributed by atoms with E-state index < -0.39 is 0 Å². The molecule has 140 valence electrons. The van der Waals surface area contributed by atoms with Gasteiger partial charge in [0.25, 0.3) is 11.7 Å². The number of hydrogen-bond donors (Lipinski definition) is 1. The van der Waals surface area contributed by atoms with E-state index in [1.807, 2.05) is 74.5 Å². The summed E-state index contributed by atoms with van der Waals surface area (Å²) < 4.78 is 7.34. The number of hydrogen-bond acceptors (Lipinski definition) is 5. The van der Waals surface area contributed by atoms with E-state index >= 15 is 0 Å². The first-order chi connectivity index (χ1) is 13.6. The van der Waals surface area contributed by atoms with Gasteiger partial charge in [0.2, 0.25) is 5.82 Å². The summed E-state index contributed by atoms with van der Waals surface area (Å²) >= 11 is 0. The Morgan fingerprint density at radius 2 is 1.75 bits per heavy atom. The van der Waals surface area contributed by atoms with E-state index in [4.69, 9.17) is 4.74 Å². The Hall–Kier alpha value is -3.74. The molecule has 0 aliphatic rings. The minimum atomic E-state index is -0.345. The Morgan fingerprint density at radius 1 is 1.04 bits per heavy atom. The first kappa shape index (κ1) is 17.7. The molecule has 2 aromatic carbocycles. The number of para-hydroxylation sites is 1. The Bertz CT molecular complexity index is 1110. The molecule has 1 N–H and O–H groups in total. The van der Waals surface area contributed by atoms with Crippen LogP contribution in [-0.4, -0.2) is 25.5 Å². The quantitative estimate of drug-likeness (QED) is 0.577. The number of ether oxygens (including phenoxy) is 1. The Kier molecular flexibility index (Phi) is 4.72. The maximum atomic E-state index is 12.5. The zero-order valence-electron chi connectivity index (χ0n) is 15.5. The van der Waals surface area contributed by atoms with E-state index in [0.29, 0.717) is 5.78 Å². The molecule has 0 spiro atoms. The van der Waals surface area contributed by atoms with E-state index in [9.17, 15) is 4.79 Å². The van der Waals surface area contributed by atoms with Crippen LogP contribution in [0.25, 0.3) is 5.78 Å². The van der Waals surface area contributed by atoms with Crippen molar-refractivity contribution in [1.29, 1.82) is 0 Å². The zero-order valence-corrected chi connectivity index (χ0v) is 15.5. The van der Waals surface area contributed by atoms with Crippen molar-refractivity contribution in [3.8, 4) is 11.5 Å². The van der Waals surface area contributed by atoms with Crippen LogP contribution in [0.1, 0.15) is 34.8 Å². The maximum absolute atomic E-state index is 12.5. The highest BCUT2D eigenvalue weighted by molar-refractivity contribution is 5.91. The molecule has 0 saturated carbocycles. The fourth-order valence-electron chi connectivity index (χ4n) is 2.80. The standard InChI is InChI=1S/C21H19N5O2/c1-14-12-13-22-21-24-19(25-26(14)21)20(27)23-15(2)16-8-10-18(11-9-16)28-17-6-4-3-5-7-17/h3-13,15H,1-2H3,(H,23,27)/t15-/m1/s1. The van der Waals surface area contributed by atoms with Crippen LogP contribution in [0.2, 0.25) is 0 Å². The van der Waals surface area contributed by atoms with Crippen LogP contribution >= 0.6 is 0 Å². The predicted octanol–water partition coefficient (Wildman–Crippen LogP) is 3.72. The van der Waals surface area contributed by atoms with Gasteiger partial charge in [0, 0.05) is 11.9 Å². The molecule has 0 saturated heterocycles. The van der Waals surface area contributed by atoms with Gasteiger partial charge >= 0.3 is 0 Å². The van der Waals surface area contributed by atoms with Crippen molar-refractivity contribution in [2.45, 2.75) is 19.9 Å². The normalized spacial score (nSPS) is 11.9. The molecule has 1 amide bonds. The molecule has 7 heteroatoms. The average Bonchev–Trinajstić information content (AvgIpc) is 3.15. The van der Waals surface area contributed by atoms with Gasteiger partial charge in [-0.05, 0) is 49.7 Å². The van der Waals surface area contributed by atoms with Gasteiger partial charge in [-0.2, -0.15) is 4.98 Å². The van der Waals surface area contributed by atoms with E-state index in [0.717, 1.165) is 22.8 Å². The second-order valence-electron chi connectivity index (χ2n) is 6.41. The molecule has 28 heavy (non-hydrogen) atoms. The zero-order chi connectivity index (χ0) is 19.5. The topological polar surface area (TPSA) is 81.4 Å². The van der Waals surface area contributed by atoms with E-state index in [-0.39, 0.29) is 17.8 Å². The van der Waals surface area contributed by atoms with Gasteiger partial charge < -0.3 is 10.1 Å². The number of nitrogens with one attached hydrogen (secondary N) is 1. The van der Waals surface area contributed by atoms with Gasteiger partial charge in [-0.1, -0.05) is 30.3 Å². The fraction of sp³-hybridized carbons (Fsp3) is 0.143. The van der Waals surface area contributed by atoms with E-state index in [1.165, 1.54) is 0 Å². The Labute approximate surface area is 162 Å². The lowest BCUT2D eigenvalue weighted by atomic mass is 10.1. The van der Waals surface area contributed by atoms with Gasteiger partial charge in [-0.25, -0.2) is 9.50 Å². The van der Waals surface area contributed by atoms with Gasteiger partial charge in [0.1, 0.15) is 11.5 Å². The summed E-state index contributed by atoms with van der Waals surface area (Å²) in [4.78, 5) is 20.8. The van der Waals surface area contributed by atoms with Crippen molar-refractivity contribution >= 4 is 11.7 Å². The largest absolute Gasteiger partial charge is 0.457 e. The molecule has 4 aromatic rings. The minimum Gasteiger partial charge on any atom is -0.457 e.